The Balaban J connectivity index is 2.18. The molecule has 0 saturated carbocycles. The molecule has 4 N–H and O–H groups in total. The Labute approximate surface area is 143 Å². The van der Waals surface area contributed by atoms with Gasteiger partial charge in [-0.05, 0) is 31.0 Å². The Morgan fingerprint density at radius 3 is 2.44 bits per heavy atom. The van der Waals surface area contributed by atoms with Crippen LogP contribution >= 0.6 is 0 Å². The van der Waals surface area contributed by atoms with Crippen LogP contribution < -0.4 is 10.3 Å². The Kier molecular flexibility index (Phi) is 5.06. The number of carboxylic acid groups (broad SMARTS) is 1. The minimum atomic E-state index is -4.32. The molecule has 0 spiro atoms. The maximum Gasteiger partial charge on any atom is 0.339 e. The molecule has 0 radical (unpaired) electrons. The fourth-order valence-corrected chi connectivity index (χ4v) is 5.25. The van der Waals surface area contributed by atoms with Gasteiger partial charge in [0, 0.05) is 0 Å². The summed E-state index contributed by atoms with van der Waals surface area (Å²) in [6.45, 7) is 1.34. The van der Waals surface area contributed by atoms with Gasteiger partial charge in [0.1, 0.15) is 11.3 Å². The average molecular weight is 392 g/mol. The van der Waals surface area contributed by atoms with Crippen molar-refractivity contribution in [3.63, 3.8) is 0 Å². The molecule has 12 heteroatoms. The third-order valence-corrected chi connectivity index (χ3v) is 6.88. The number of hydrazine groups is 1. The Hall–Kier alpha value is -2.18. The van der Waals surface area contributed by atoms with E-state index < -0.39 is 53.9 Å². The summed E-state index contributed by atoms with van der Waals surface area (Å²) < 4.78 is 47.2. The lowest BCUT2D eigenvalue weighted by Gasteiger charge is -2.13. The monoisotopic (exact) mass is 392 g/mol. The van der Waals surface area contributed by atoms with E-state index in [4.69, 9.17) is 5.11 Å². The van der Waals surface area contributed by atoms with Gasteiger partial charge in [-0.25, -0.2) is 21.6 Å². The van der Waals surface area contributed by atoms with Crippen molar-refractivity contribution in [3.05, 3.63) is 23.3 Å². The van der Waals surface area contributed by atoms with E-state index in [0.717, 1.165) is 12.1 Å². The van der Waals surface area contributed by atoms with Gasteiger partial charge in [-0.2, -0.15) is 0 Å². The van der Waals surface area contributed by atoms with Crippen molar-refractivity contribution in [2.75, 3.05) is 11.5 Å². The van der Waals surface area contributed by atoms with E-state index in [-0.39, 0.29) is 23.5 Å². The highest BCUT2D eigenvalue weighted by Gasteiger charge is 2.33. The molecule has 10 nitrogen and oxygen atoms in total. The summed E-state index contributed by atoms with van der Waals surface area (Å²) in [4.78, 5) is 24.3. The molecule has 1 amide bonds. The molecule has 0 aromatic heterocycles. The molecule has 2 rings (SSSR count). The van der Waals surface area contributed by atoms with E-state index in [0.29, 0.717) is 0 Å². The largest absolute Gasteiger partial charge is 0.507 e. The van der Waals surface area contributed by atoms with Gasteiger partial charge in [0.15, 0.2) is 9.84 Å². The third kappa shape index (κ3) is 4.27. The van der Waals surface area contributed by atoms with Crippen LogP contribution in [0.5, 0.6) is 5.75 Å². The van der Waals surface area contributed by atoms with Gasteiger partial charge in [0.2, 0.25) is 5.91 Å². The maximum absolute atomic E-state index is 12.3. The van der Waals surface area contributed by atoms with Crippen molar-refractivity contribution in [2.45, 2.75) is 18.2 Å². The number of aryl methyl sites for hydroxylation is 1. The molecule has 1 aliphatic rings. The number of carboxylic acids is 1. The summed E-state index contributed by atoms with van der Waals surface area (Å²) in [5.41, 5.74) is 1.39. The van der Waals surface area contributed by atoms with Crippen LogP contribution in [-0.4, -0.2) is 50.4 Å². The first-order chi connectivity index (χ1) is 11.4. The van der Waals surface area contributed by atoms with Crippen molar-refractivity contribution >= 4 is 31.7 Å². The Morgan fingerprint density at radius 2 is 1.92 bits per heavy atom. The SMILES string of the molecule is Cc1cc(O)c(C(=O)O)cc1S(=O)(=O)NNC(=O)C1CCS(=O)(=O)C1. The van der Waals surface area contributed by atoms with Crippen LogP contribution in [0.25, 0.3) is 0 Å². The number of carbonyl (C=O) groups excluding carboxylic acids is 1. The zero-order valence-electron chi connectivity index (χ0n) is 13.0. The van der Waals surface area contributed by atoms with Crippen molar-refractivity contribution in [1.82, 2.24) is 10.3 Å². The lowest BCUT2D eigenvalue weighted by Crippen LogP contribution is -2.44. The molecule has 1 saturated heterocycles. The number of rotatable bonds is 5. The van der Waals surface area contributed by atoms with Crippen LogP contribution in [-0.2, 0) is 24.7 Å². The highest BCUT2D eigenvalue weighted by atomic mass is 32.2. The smallest absolute Gasteiger partial charge is 0.339 e. The molecular weight excluding hydrogens is 376 g/mol. The second kappa shape index (κ2) is 6.61. The van der Waals surface area contributed by atoms with Gasteiger partial charge in [-0.15, -0.1) is 4.83 Å². The zero-order valence-corrected chi connectivity index (χ0v) is 14.6. The highest BCUT2D eigenvalue weighted by Crippen LogP contribution is 2.25. The molecule has 0 bridgehead atoms. The van der Waals surface area contributed by atoms with Crippen LogP contribution in [0, 0.1) is 12.8 Å². The molecular formula is C13H16N2O8S2. The first kappa shape index (κ1) is 19.1. The van der Waals surface area contributed by atoms with Crippen LogP contribution in [0.15, 0.2) is 17.0 Å². The van der Waals surface area contributed by atoms with E-state index in [1.54, 1.807) is 0 Å². The van der Waals surface area contributed by atoms with Crippen LogP contribution in [0.4, 0.5) is 0 Å². The number of phenols is 1. The standard InChI is InChI=1S/C13H16N2O8S2/c1-7-4-10(16)9(13(18)19)5-11(7)25(22,23)15-14-12(17)8-2-3-24(20,21)6-8/h4-5,8,15-16H,2-3,6H2,1H3,(H,14,17)(H,18,19). The lowest BCUT2D eigenvalue weighted by atomic mass is 10.1. The summed E-state index contributed by atoms with van der Waals surface area (Å²) in [7, 11) is -7.63. The highest BCUT2D eigenvalue weighted by molar-refractivity contribution is 7.91. The van der Waals surface area contributed by atoms with Gasteiger partial charge in [0.05, 0.1) is 22.3 Å². The van der Waals surface area contributed by atoms with Gasteiger partial charge in [-0.3, -0.25) is 10.2 Å². The number of nitrogens with one attached hydrogen (secondary N) is 2. The van der Waals surface area contributed by atoms with E-state index in [9.17, 15) is 31.5 Å². The summed E-state index contributed by atoms with van der Waals surface area (Å²) in [6, 6.07) is 1.74. The average Bonchev–Trinajstić information content (AvgIpc) is 2.84. The van der Waals surface area contributed by atoms with E-state index in [1.807, 2.05) is 10.3 Å². The van der Waals surface area contributed by atoms with Crippen molar-refractivity contribution in [2.24, 2.45) is 5.92 Å². The van der Waals surface area contributed by atoms with Gasteiger partial charge in [-0.1, -0.05) is 0 Å². The molecule has 1 unspecified atom stereocenters. The minimum Gasteiger partial charge on any atom is -0.507 e. The predicted octanol–water partition coefficient (Wildman–Crippen LogP) is -0.857. The quantitative estimate of drug-likeness (QED) is 0.470. The van der Waals surface area contributed by atoms with Gasteiger partial charge < -0.3 is 10.2 Å². The number of aromatic carboxylic acids is 1. The Morgan fingerprint density at radius 1 is 1.28 bits per heavy atom. The number of sulfonamides is 1. The number of benzene rings is 1. The van der Waals surface area contributed by atoms with Gasteiger partial charge in [0.25, 0.3) is 10.0 Å². The number of hydrogen-bond donors (Lipinski definition) is 4. The number of amides is 1. The summed E-state index contributed by atoms with van der Waals surface area (Å²) in [5.74, 6) is -4.26. The first-order valence-electron chi connectivity index (χ1n) is 7.02. The molecule has 1 aliphatic heterocycles. The summed E-state index contributed by atoms with van der Waals surface area (Å²) in [5, 5.41) is 18.5. The molecule has 1 aromatic rings. The van der Waals surface area contributed by atoms with E-state index >= 15 is 0 Å². The number of aromatic hydroxyl groups is 1. The second-order valence-electron chi connectivity index (χ2n) is 5.63. The molecule has 1 aromatic carbocycles. The molecule has 138 valence electrons. The van der Waals surface area contributed by atoms with Crippen LogP contribution in [0.3, 0.4) is 0 Å². The molecule has 0 aliphatic carbocycles. The Bertz CT molecular complexity index is 937. The fourth-order valence-electron chi connectivity index (χ4n) is 2.41. The lowest BCUT2D eigenvalue weighted by molar-refractivity contribution is -0.124. The topological polar surface area (TPSA) is 167 Å². The van der Waals surface area contributed by atoms with E-state index in [1.165, 1.54) is 6.92 Å². The molecule has 1 atom stereocenters. The zero-order chi connectivity index (χ0) is 19.0. The third-order valence-electron chi connectivity index (χ3n) is 3.73. The predicted molar refractivity (Wildman–Crippen MR) is 85.0 cm³/mol. The number of sulfone groups is 1. The van der Waals surface area contributed by atoms with Crippen LogP contribution in [0.2, 0.25) is 0 Å². The fraction of sp³-hybridized carbons (Fsp3) is 0.385. The summed E-state index contributed by atoms with van der Waals surface area (Å²) in [6.07, 6.45) is 0.0945. The first-order valence-corrected chi connectivity index (χ1v) is 10.3. The maximum atomic E-state index is 12.3. The number of carbonyl (C=O) groups is 2. The second-order valence-corrected chi connectivity index (χ2v) is 9.51. The normalized spacial score (nSPS) is 19.5. The number of hydrogen-bond acceptors (Lipinski definition) is 7. The van der Waals surface area contributed by atoms with Gasteiger partial charge >= 0.3 is 5.97 Å². The van der Waals surface area contributed by atoms with E-state index in [2.05, 4.69) is 0 Å². The van der Waals surface area contributed by atoms with Crippen molar-refractivity contribution in [3.8, 4) is 5.75 Å². The molecule has 25 heavy (non-hydrogen) atoms. The van der Waals surface area contributed by atoms with Crippen molar-refractivity contribution < 1.29 is 36.6 Å². The van der Waals surface area contributed by atoms with Crippen molar-refractivity contribution in [1.29, 1.82) is 0 Å². The molecule has 1 fully saturated rings. The van der Waals surface area contributed by atoms with Crippen LogP contribution in [0.1, 0.15) is 22.3 Å². The summed E-state index contributed by atoms with van der Waals surface area (Å²) >= 11 is 0. The minimum absolute atomic E-state index is 0.0627. The molecule has 1 heterocycles.